The molecule has 2 amide bonds. The van der Waals surface area contributed by atoms with Gasteiger partial charge in [-0.15, -0.1) is 0 Å². The van der Waals surface area contributed by atoms with Crippen molar-refractivity contribution in [3.63, 3.8) is 0 Å². The molecule has 5 nitrogen and oxygen atoms in total. The van der Waals surface area contributed by atoms with E-state index in [0.717, 1.165) is 19.3 Å². The molecule has 0 aromatic heterocycles. The van der Waals surface area contributed by atoms with Crippen LogP contribution in [0.4, 0.5) is 0 Å². The van der Waals surface area contributed by atoms with Gasteiger partial charge in [0.05, 0.1) is 0 Å². The van der Waals surface area contributed by atoms with Gasteiger partial charge in [0.15, 0.2) is 0 Å². The number of rotatable bonds is 3. The number of amides is 2. The molecule has 0 radical (unpaired) electrons. The van der Waals surface area contributed by atoms with Crippen LogP contribution in [0.25, 0.3) is 0 Å². The summed E-state index contributed by atoms with van der Waals surface area (Å²) in [6, 6.07) is 0. The smallest absolute Gasteiger partial charge is 0.243 e. The van der Waals surface area contributed by atoms with E-state index in [1.807, 2.05) is 0 Å². The van der Waals surface area contributed by atoms with Crippen LogP contribution in [0.5, 0.6) is 0 Å². The van der Waals surface area contributed by atoms with Crippen LogP contribution < -0.4 is 11.1 Å². The average Bonchev–Trinajstić information content (AvgIpc) is 2.39. The molecule has 2 fully saturated rings. The lowest BCUT2D eigenvalue weighted by Gasteiger charge is -2.37. The molecule has 1 heterocycles. The highest BCUT2D eigenvalue weighted by Crippen LogP contribution is 2.30. The SMILES string of the molecule is CC1CCCC(C(=O)NC2(C(N)=O)CCOCC2)C1. The fraction of sp³-hybridized carbons (Fsp3) is 0.857. The summed E-state index contributed by atoms with van der Waals surface area (Å²) in [6.07, 6.45) is 5.08. The maximum absolute atomic E-state index is 12.4. The first-order chi connectivity index (χ1) is 9.03. The Morgan fingerprint density at radius 3 is 2.53 bits per heavy atom. The van der Waals surface area contributed by atoms with Gasteiger partial charge >= 0.3 is 0 Å². The zero-order valence-electron chi connectivity index (χ0n) is 11.6. The topological polar surface area (TPSA) is 81.4 Å². The second kappa shape index (κ2) is 5.90. The lowest BCUT2D eigenvalue weighted by molar-refractivity contribution is -0.138. The summed E-state index contributed by atoms with van der Waals surface area (Å²) >= 11 is 0. The van der Waals surface area contributed by atoms with Crippen molar-refractivity contribution in [2.24, 2.45) is 17.6 Å². The molecule has 3 N–H and O–H groups in total. The average molecular weight is 268 g/mol. The van der Waals surface area contributed by atoms with Crippen molar-refractivity contribution in [2.75, 3.05) is 13.2 Å². The molecule has 1 saturated carbocycles. The van der Waals surface area contributed by atoms with E-state index in [1.54, 1.807) is 0 Å². The minimum atomic E-state index is -0.893. The molecule has 1 aliphatic heterocycles. The Labute approximate surface area is 114 Å². The van der Waals surface area contributed by atoms with Crippen LogP contribution in [0.15, 0.2) is 0 Å². The lowest BCUT2D eigenvalue weighted by atomic mass is 9.81. The van der Waals surface area contributed by atoms with E-state index in [0.29, 0.717) is 32.0 Å². The third-order valence-electron chi connectivity index (χ3n) is 4.49. The fourth-order valence-corrected chi connectivity index (χ4v) is 3.16. The number of nitrogens with one attached hydrogen (secondary N) is 1. The lowest BCUT2D eigenvalue weighted by Crippen LogP contribution is -2.61. The van der Waals surface area contributed by atoms with E-state index in [9.17, 15) is 9.59 Å². The third kappa shape index (κ3) is 3.26. The molecule has 1 saturated heterocycles. The predicted molar refractivity (Wildman–Crippen MR) is 71.2 cm³/mol. The maximum atomic E-state index is 12.4. The molecular formula is C14H24N2O3. The summed E-state index contributed by atoms with van der Waals surface area (Å²) in [4.78, 5) is 24.1. The van der Waals surface area contributed by atoms with Crippen molar-refractivity contribution in [1.82, 2.24) is 5.32 Å². The van der Waals surface area contributed by atoms with E-state index in [-0.39, 0.29) is 11.8 Å². The van der Waals surface area contributed by atoms with Crippen molar-refractivity contribution in [2.45, 2.75) is 51.0 Å². The van der Waals surface area contributed by atoms with E-state index in [4.69, 9.17) is 10.5 Å². The maximum Gasteiger partial charge on any atom is 0.243 e. The second-order valence-electron chi connectivity index (χ2n) is 6.02. The van der Waals surface area contributed by atoms with Crippen LogP contribution in [0.1, 0.15) is 45.4 Å². The Morgan fingerprint density at radius 1 is 1.26 bits per heavy atom. The minimum Gasteiger partial charge on any atom is -0.381 e. The largest absolute Gasteiger partial charge is 0.381 e. The number of carbonyl (C=O) groups is 2. The molecule has 2 aliphatic rings. The van der Waals surface area contributed by atoms with Crippen molar-refractivity contribution >= 4 is 11.8 Å². The second-order valence-corrected chi connectivity index (χ2v) is 6.02. The van der Waals surface area contributed by atoms with Crippen molar-refractivity contribution in [3.05, 3.63) is 0 Å². The number of ether oxygens (including phenoxy) is 1. The van der Waals surface area contributed by atoms with Gasteiger partial charge in [-0.3, -0.25) is 9.59 Å². The molecule has 0 spiro atoms. The molecule has 5 heteroatoms. The number of hydrogen-bond donors (Lipinski definition) is 2. The monoisotopic (exact) mass is 268 g/mol. The molecule has 0 bridgehead atoms. The first kappa shape index (κ1) is 14.3. The summed E-state index contributed by atoms with van der Waals surface area (Å²) < 4.78 is 5.26. The Morgan fingerprint density at radius 2 is 1.95 bits per heavy atom. The van der Waals surface area contributed by atoms with Crippen molar-refractivity contribution in [3.8, 4) is 0 Å². The molecule has 0 aromatic rings. The highest BCUT2D eigenvalue weighted by atomic mass is 16.5. The van der Waals surface area contributed by atoms with Gasteiger partial charge in [0.25, 0.3) is 0 Å². The van der Waals surface area contributed by atoms with Crippen LogP contribution in [-0.4, -0.2) is 30.6 Å². The molecule has 19 heavy (non-hydrogen) atoms. The first-order valence-electron chi connectivity index (χ1n) is 7.23. The highest BCUT2D eigenvalue weighted by molar-refractivity contribution is 5.91. The highest BCUT2D eigenvalue weighted by Gasteiger charge is 2.41. The summed E-state index contributed by atoms with van der Waals surface area (Å²) in [5, 5.41) is 2.93. The van der Waals surface area contributed by atoms with Gasteiger partial charge in [-0.1, -0.05) is 19.8 Å². The van der Waals surface area contributed by atoms with Gasteiger partial charge in [-0.25, -0.2) is 0 Å². The normalized spacial score (nSPS) is 30.6. The van der Waals surface area contributed by atoms with Crippen LogP contribution in [0.3, 0.4) is 0 Å². The van der Waals surface area contributed by atoms with E-state index >= 15 is 0 Å². The van der Waals surface area contributed by atoms with Crippen molar-refractivity contribution < 1.29 is 14.3 Å². The molecular weight excluding hydrogens is 244 g/mol. The van der Waals surface area contributed by atoms with Crippen LogP contribution in [0.2, 0.25) is 0 Å². The third-order valence-corrected chi connectivity index (χ3v) is 4.49. The number of nitrogens with two attached hydrogens (primary N) is 1. The Hall–Kier alpha value is -1.10. The van der Waals surface area contributed by atoms with E-state index in [1.165, 1.54) is 6.42 Å². The van der Waals surface area contributed by atoms with Gasteiger partial charge in [-0.05, 0) is 18.8 Å². The number of hydrogen-bond acceptors (Lipinski definition) is 3. The zero-order chi connectivity index (χ0) is 13.9. The van der Waals surface area contributed by atoms with Crippen molar-refractivity contribution in [1.29, 1.82) is 0 Å². The molecule has 0 aromatic carbocycles. The quantitative estimate of drug-likeness (QED) is 0.800. The van der Waals surface area contributed by atoms with Gasteiger partial charge in [0, 0.05) is 32.0 Å². The first-order valence-corrected chi connectivity index (χ1v) is 7.23. The summed E-state index contributed by atoms with van der Waals surface area (Å²) in [7, 11) is 0. The fourth-order valence-electron chi connectivity index (χ4n) is 3.16. The van der Waals surface area contributed by atoms with Crippen LogP contribution >= 0.6 is 0 Å². The standard InChI is InChI=1S/C14H24N2O3/c1-10-3-2-4-11(9-10)12(17)16-14(13(15)18)5-7-19-8-6-14/h10-11H,2-9H2,1H3,(H2,15,18)(H,16,17). The van der Waals surface area contributed by atoms with E-state index in [2.05, 4.69) is 12.2 Å². The van der Waals surface area contributed by atoms with E-state index < -0.39 is 11.4 Å². The summed E-state index contributed by atoms with van der Waals surface area (Å²) in [6.45, 7) is 3.13. The van der Waals surface area contributed by atoms with Crippen LogP contribution in [-0.2, 0) is 14.3 Å². The Kier molecular flexibility index (Phi) is 4.45. The predicted octanol–water partition coefficient (Wildman–Crippen LogP) is 0.963. The number of carbonyl (C=O) groups excluding carboxylic acids is 2. The van der Waals surface area contributed by atoms with Gasteiger partial charge in [0.2, 0.25) is 11.8 Å². The molecule has 2 atom stereocenters. The Bertz CT molecular complexity index is 351. The zero-order valence-corrected chi connectivity index (χ0v) is 11.6. The van der Waals surface area contributed by atoms with Gasteiger partial charge < -0.3 is 15.8 Å². The molecule has 2 unspecified atom stereocenters. The molecule has 1 aliphatic carbocycles. The van der Waals surface area contributed by atoms with Crippen LogP contribution in [0, 0.1) is 11.8 Å². The summed E-state index contributed by atoms with van der Waals surface area (Å²) in [5.74, 6) is 0.173. The molecule has 2 rings (SSSR count). The van der Waals surface area contributed by atoms with Gasteiger partial charge in [-0.2, -0.15) is 0 Å². The number of primary amides is 1. The minimum absolute atomic E-state index is 0.00718. The Balaban J connectivity index is 2.00. The summed E-state index contributed by atoms with van der Waals surface area (Å²) in [5.41, 5.74) is 4.61. The van der Waals surface area contributed by atoms with Gasteiger partial charge in [0.1, 0.15) is 5.54 Å². The molecule has 108 valence electrons.